The largest absolute Gasteiger partial charge is 0.208 e. The zero-order valence-corrected chi connectivity index (χ0v) is 15.3. The van der Waals surface area contributed by atoms with Gasteiger partial charge in [-0.25, -0.2) is 15.0 Å². The lowest BCUT2D eigenvalue weighted by Crippen LogP contribution is -2.04. The van der Waals surface area contributed by atoms with Gasteiger partial charge in [-0.3, -0.25) is 0 Å². The Hall–Kier alpha value is -3.33. The first kappa shape index (κ1) is 19.0. The van der Waals surface area contributed by atoms with Crippen LogP contribution in [0.2, 0.25) is 0 Å². The number of hydrogen-bond donors (Lipinski definition) is 0. The summed E-state index contributed by atoms with van der Waals surface area (Å²) < 4.78 is 0. The summed E-state index contributed by atoms with van der Waals surface area (Å²) in [5.74, 6) is 1.82. The first-order valence-electron chi connectivity index (χ1n) is 8.46. The van der Waals surface area contributed by atoms with Crippen LogP contribution in [0.15, 0.2) is 92.1 Å². The summed E-state index contributed by atoms with van der Waals surface area (Å²) in [7, 11) is 0. The molecule has 1 aromatic heterocycles. The van der Waals surface area contributed by atoms with Crippen molar-refractivity contribution in [1.29, 1.82) is 0 Å². The van der Waals surface area contributed by atoms with Crippen LogP contribution in [0.5, 0.6) is 0 Å². The highest BCUT2D eigenvalue weighted by Crippen LogP contribution is 2.21. The molecule has 0 bridgehead atoms. The molecule has 3 nitrogen and oxygen atoms in total. The molecule has 0 spiro atoms. The molecule has 0 saturated heterocycles. The predicted molar refractivity (Wildman–Crippen MR) is 111 cm³/mol. The average Bonchev–Trinajstić information content (AvgIpc) is 2.69. The van der Waals surface area contributed by atoms with Gasteiger partial charge in [-0.2, -0.15) is 0 Å². The summed E-state index contributed by atoms with van der Waals surface area (Å²) in [4.78, 5) is 14.0. The van der Waals surface area contributed by atoms with Gasteiger partial charge in [-0.15, -0.1) is 0 Å². The van der Waals surface area contributed by atoms with Crippen molar-refractivity contribution in [3.05, 3.63) is 104 Å². The number of aromatic nitrogens is 3. The number of rotatable bonds is 7. The van der Waals surface area contributed by atoms with E-state index in [1.807, 2.05) is 80.6 Å². The SMILES string of the molecule is C=C/C=C(\C=C)c1nc(C(/C=C\C=C/C)=C/C)nc(-c2ccccc2)n1. The Morgan fingerprint density at radius 1 is 0.885 bits per heavy atom. The van der Waals surface area contributed by atoms with E-state index in [9.17, 15) is 0 Å². The molecule has 130 valence electrons. The minimum absolute atomic E-state index is 0.572. The van der Waals surface area contributed by atoms with Crippen molar-refractivity contribution in [1.82, 2.24) is 15.0 Å². The van der Waals surface area contributed by atoms with Gasteiger partial charge in [0.2, 0.25) is 0 Å². The van der Waals surface area contributed by atoms with E-state index in [1.54, 1.807) is 12.2 Å². The fourth-order valence-corrected chi connectivity index (χ4v) is 2.28. The number of nitrogens with zero attached hydrogens (tertiary/aromatic N) is 3. The summed E-state index contributed by atoms with van der Waals surface area (Å²) in [6.45, 7) is 11.6. The minimum Gasteiger partial charge on any atom is -0.208 e. The van der Waals surface area contributed by atoms with Crippen molar-refractivity contribution in [3.63, 3.8) is 0 Å². The Bertz CT molecular complexity index is 885. The van der Waals surface area contributed by atoms with E-state index < -0.39 is 0 Å². The minimum atomic E-state index is 0.572. The summed E-state index contributed by atoms with van der Waals surface area (Å²) in [5, 5.41) is 0. The van der Waals surface area contributed by atoms with Crippen molar-refractivity contribution in [3.8, 4) is 11.4 Å². The molecule has 3 heteroatoms. The van der Waals surface area contributed by atoms with Gasteiger partial charge in [0.15, 0.2) is 17.5 Å². The lowest BCUT2D eigenvalue weighted by Gasteiger charge is -2.08. The summed E-state index contributed by atoms with van der Waals surface area (Å²) in [6.07, 6.45) is 15.1. The van der Waals surface area contributed by atoms with Crippen LogP contribution in [0.1, 0.15) is 25.5 Å². The van der Waals surface area contributed by atoms with Gasteiger partial charge in [-0.05, 0) is 13.8 Å². The van der Waals surface area contributed by atoms with E-state index in [0.29, 0.717) is 17.5 Å². The van der Waals surface area contributed by atoms with Crippen molar-refractivity contribution < 1.29 is 0 Å². The zero-order valence-electron chi connectivity index (χ0n) is 15.3. The number of hydrogen-bond acceptors (Lipinski definition) is 3. The fourth-order valence-electron chi connectivity index (χ4n) is 2.28. The highest BCUT2D eigenvalue weighted by Gasteiger charge is 2.12. The average molecular weight is 341 g/mol. The Morgan fingerprint density at radius 2 is 1.58 bits per heavy atom. The van der Waals surface area contributed by atoms with E-state index in [-0.39, 0.29) is 0 Å². The Kier molecular flexibility index (Phi) is 7.19. The van der Waals surface area contributed by atoms with Crippen LogP contribution in [-0.4, -0.2) is 15.0 Å². The van der Waals surface area contributed by atoms with Crippen LogP contribution in [0.4, 0.5) is 0 Å². The highest BCUT2D eigenvalue weighted by molar-refractivity contribution is 5.75. The maximum Gasteiger partial charge on any atom is 0.164 e. The molecular weight excluding hydrogens is 318 g/mol. The van der Waals surface area contributed by atoms with Crippen LogP contribution in [-0.2, 0) is 0 Å². The standard InChI is InChI=1S/C23H23N3/c1-5-9-11-15-19(8-4)22-24-21(18(7-3)14-6-2)25-23(26-22)20-16-12-10-13-17-20/h5-17H,2-3H2,1,4H3/b9-5-,15-11-,18-14+,19-8+. The van der Waals surface area contributed by atoms with E-state index in [2.05, 4.69) is 28.1 Å². The quantitative estimate of drug-likeness (QED) is 0.595. The molecule has 0 radical (unpaired) electrons. The Morgan fingerprint density at radius 3 is 2.15 bits per heavy atom. The second-order valence-corrected chi connectivity index (χ2v) is 5.36. The van der Waals surface area contributed by atoms with E-state index in [4.69, 9.17) is 0 Å². The van der Waals surface area contributed by atoms with Crippen molar-refractivity contribution in [2.24, 2.45) is 0 Å². The monoisotopic (exact) mass is 341 g/mol. The molecule has 0 aliphatic carbocycles. The zero-order chi connectivity index (χ0) is 18.8. The smallest absolute Gasteiger partial charge is 0.164 e. The van der Waals surface area contributed by atoms with Crippen LogP contribution < -0.4 is 0 Å². The van der Waals surface area contributed by atoms with E-state index in [1.165, 1.54) is 0 Å². The van der Waals surface area contributed by atoms with Gasteiger partial charge in [0, 0.05) is 16.7 Å². The molecule has 0 amide bonds. The second kappa shape index (κ2) is 9.84. The highest BCUT2D eigenvalue weighted by atomic mass is 15.0. The first-order chi connectivity index (χ1) is 12.7. The molecule has 2 aromatic rings. The number of allylic oxidation sites excluding steroid dienone is 10. The molecule has 0 aliphatic heterocycles. The van der Waals surface area contributed by atoms with Gasteiger partial charge >= 0.3 is 0 Å². The van der Waals surface area contributed by atoms with Gasteiger partial charge in [-0.1, -0.05) is 92.1 Å². The maximum atomic E-state index is 4.68. The molecule has 1 heterocycles. The maximum absolute atomic E-state index is 4.68. The summed E-state index contributed by atoms with van der Waals surface area (Å²) >= 11 is 0. The Labute approximate surface area is 155 Å². The topological polar surface area (TPSA) is 38.7 Å². The summed E-state index contributed by atoms with van der Waals surface area (Å²) in [6, 6.07) is 9.87. The van der Waals surface area contributed by atoms with Crippen LogP contribution in [0.3, 0.4) is 0 Å². The molecule has 0 fully saturated rings. The molecule has 0 unspecified atom stereocenters. The van der Waals surface area contributed by atoms with E-state index >= 15 is 0 Å². The van der Waals surface area contributed by atoms with Crippen LogP contribution in [0.25, 0.3) is 22.5 Å². The van der Waals surface area contributed by atoms with Crippen molar-refractivity contribution >= 4 is 11.1 Å². The van der Waals surface area contributed by atoms with Crippen LogP contribution in [0, 0.1) is 0 Å². The van der Waals surface area contributed by atoms with Gasteiger partial charge in [0.1, 0.15) is 0 Å². The summed E-state index contributed by atoms with van der Waals surface area (Å²) in [5.41, 5.74) is 2.66. The predicted octanol–water partition coefficient (Wildman–Crippen LogP) is 5.83. The molecule has 0 saturated carbocycles. The Balaban J connectivity index is 2.65. The molecule has 0 N–H and O–H groups in total. The number of benzene rings is 1. The normalized spacial score (nSPS) is 12.7. The van der Waals surface area contributed by atoms with Gasteiger partial charge < -0.3 is 0 Å². The molecule has 0 atom stereocenters. The van der Waals surface area contributed by atoms with Crippen molar-refractivity contribution in [2.75, 3.05) is 0 Å². The lowest BCUT2D eigenvalue weighted by molar-refractivity contribution is 1.00. The van der Waals surface area contributed by atoms with Crippen LogP contribution >= 0.6 is 0 Å². The van der Waals surface area contributed by atoms with E-state index in [0.717, 1.165) is 16.7 Å². The van der Waals surface area contributed by atoms with Crippen molar-refractivity contribution in [2.45, 2.75) is 13.8 Å². The third-order valence-electron chi connectivity index (χ3n) is 3.59. The lowest BCUT2D eigenvalue weighted by atomic mass is 10.1. The fraction of sp³-hybridized carbons (Fsp3) is 0.0870. The molecule has 1 aromatic carbocycles. The van der Waals surface area contributed by atoms with Gasteiger partial charge in [0.25, 0.3) is 0 Å². The second-order valence-electron chi connectivity index (χ2n) is 5.36. The molecule has 26 heavy (non-hydrogen) atoms. The molecule has 0 aliphatic rings. The third kappa shape index (κ3) is 4.84. The third-order valence-corrected chi connectivity index (χ3v) is 3.59. The molecule has 2 rings (SSSR count). The molecular formula is C23H23N3. The first-order valence-corrected chi connectivity index (χ1v) is 8.46. The van der Waals surface area contributed by atoms with Gasteiger partial charge in [0.05, 0.1) is 0 Å².